The van der Waals surface area contributed by atoms with Crippen LogP contribution in [0.2, 0.25) is 0 Å². The van der Waals surface area contributed by atoms with Crippen LogP contribution in [0.4, 0.5) is 0 Å². The van der Waals surface area contributed by atoms with Crippen LogP contribution in [-0.2, 0) is 5.41 Å². The van der Waals surface area contributed by atoms with E-state index in [2.05, 4.69) is 166 Å². The predicted molar refractivity (Wildman–Crippen MR) is 191 cm³/mol. The Morgan fingerprint density at radius 2 is 1.09 bits per heavy atom. The number of nitrogens with zero attached hydrogens (tertiary/aromatic N) is 1. The Kier molecular flexibility index (Phi) is 5.61. The predicted octanol–water partition coefficient (Wildman–Crippen LogP) is 11.8. The van der Waals surface area contributed by atoms with Crippen molar-refractivity contribution in [1.29, 1.82) is 0 Å². The minimum absolute atomic E-state index is 0.0271. The first-order valence-electron chi connectivity index (χ1n) is 15.7. The largest absolute Gasteiger partial charge is 0.248 e. The Balaban J connectivity index is 1.39. The van der Waals surface area contributed by atoms with Crippen LogP contribution in [-0.4, -0.2) is 4.98 Å². The zero-order valence-electron chi connectivity index (χ0n) is 25.4. The monoisotopic (exact) mass is 573 g/mol. The van der Waals surface area contributed by atoms with Crippen molar-refractivity contribution in [2.75, 3.05) is 0 Å². The van der Waals surface area contributed by atoms with E-state index in [1.54, 1.807) is 0 Å². The average molecular weight is 574 g/mol. The summed E-state index contributed by atoms with van der Waals surface area (Å²) in [5.41, 5.74) is 13.6. The maximum Gasteiger partial charge on any atom is 0.0722 e. The summed E-state index contributed by atoms with van der Waals surface area (Å²) in [6, 6.07) is 55.4. The van der Waals surface area contributed by atoms with Crippen LogP contribution in [0.25, 0.3) is 77.1 Å². The van der Waals surface area contributed by atoms with E-state index >= 15 is 0 Å². The molecular formula is C44H31N. The van der Waals surface area contributed by atoms with E-state index in [0.29, 0.717) is 0 Å². The number of para-hydroxylation sites is 1. The van der Waals surface area contributed by atoms with E-state index in [9.17, 15) is 0 Å². The lowest BCUT2D eigenvalue weighted by atomic mass is 9.81. The minimum atomic E-state index is -0.0271. The molecule has 0 atom stereocenters. The van der Waals surface area contributed by atoms with Gasteiger partial charge in [-0.2, -0.15) is 0 Å². The Morgan fingerprint density at radius 1 is 0.422 bits per heavy atom. The van der Waals surface area contributed by atoms with E-state index in [0.717, 1.165) is 16.6 Å². The third kappa shape index (κ3) is 3.90. The van der Waals surface area contributed by atoms with Crippen molar-refractivity contribution in [3.8, 4) is 44.6 Å². The molecule has 45 heavy (non-hydrogen) atoms. The molecule has 0 radical (unpaired) electrons. The lowest BCUT2D eigenvalue weighted by Crippen LogP contribution is -2.14. The number of rotatable bonds is 3. The van der Waals surface area contributed by atoms with Gasteiger partial charge in [0.05, 0.1) is 11.2 Å². The lowest BCUT2D eigenvalue weighted by molar-refractivity contribution is 0.660. The summed E-state index contributed by atoms with van der Waals surface area (Å²) in [4.78, 5) is 5.22. The summed E-state index contributed by atoms with van der Waals surface area (Å²) in [6.07, 6.45) is 0. The fourth-order valence-electron chi connectivity index (χ4n) is 7.66. The first-order valence-corrected chi connectivity index (χ1v) is 15.7. The van der Waals surface area contributed by atoms with Crippen molar-refractivity contribution in [3.63, 3.8) is 0 Å². The van der Waals surface area contributed by atoms with Crippen molar-refractivity contribution in [2.45, 2.75) is 19.3 Å². The van der Waals surface area contributed by atoms with Crippen molar-refractivity contribution in [3.05, 3.63) is 163 Å². The normalized spacial score (nSPS) is 13.3. The van der Waals surface area contributed by atoms with Gasteiger partial charge in [0.25, 0.3) is 0 Å². The second kappa shape index (κ2) is 9.74. The smallest absolute Gasteiger partial charge is 0.0722 e. The molecule has 0 saturated heterocycles. The van der Waals surface area contributed by atoms with Crippen molar-refractivity contribution in [1.82, 2.24) is 4.98 Å². The highest BCUT2D eigenvalue weighted by Crippen LogP contribution is 2.51. The van der Waals surface area contributed by atoms with Gasteiger partial charge in [-0.25, -0.2) is 4.98 Å². The third-order valence-corrected chi connectivity index (χ3v) is 9.86. The Morgan fingerprint density at radius 3 is 1.96 bits per heavy atom. The second-order valence-corrected chi connectivity index (χ2v) is 12.7. The van der Waals surface area contributed by atoms with E-state index in [-0.39, 0.29) is 5.41 Å². The third-order valence-electron chi connectivity index (χ3n) is 9.86. The summed E-state index contributed by atoms with van der Waals surface area (Å²) in [6.45, 7) is 4.69. The molecule has 0 aliphatic heterocycles. The van der Waals surface area contributed by atoms with Crippen LogP contribution in [0.5, 0.6) is 0 Å². The van der Waals surface area contributed by atoms with Gasteiger partial charge in [-0.05, 0) is 90.3 Å². The summed E-state index contributed by atoms with van der Waals surface area (Å²) in [5.74, 6) is 0. The number of pyridine rings is 1. The van der Waals surface area contributed by atoms with E-state index in [1.165, 1.54) is 71.6 Å². The SMILES string of the molecule is CC1(C)c2ccccc2-c2cc(-c3c4ccccc4c(-c4ccc5ccccc5n4)c4ccc(-c5ccccc5)cc34)ccc21. The second-order valence-electron chi connectivity index (χ2n) is 12.7. The molecule has 7 aromatic carbocycles. The standard InChI is InChI=1S/C44H31N/c1-44(2)38-18-10-9-15-32(38)36-27-31(21-24-39(36)44)42-33-16-7-8-17-34(33)43(41-25-22-29-14-6-11-19-40(29)45-41)35-23-20-30(26-37(35)42)28-12-4-3-5-13-28/h3-27H,1-2H3. The number of fused-ring (bicyclic) bond motifs is 6. The van der Waals surface area contributed by atoms with Gasteiger partial charge in [-0.15, -0.1) is 0 Å². The summed E-state index contributed by atoms with van der Waals surface area (Å²) < 4.78 is 0. The van der Waals surface area contributed by atoms with Gasteiger partial charge in [-0.1, -0.05) is 141 Å². The molecule has 1 aromatic heterocycles. The fraction of sp³-hybridized carbons (Fsp3) is 0.0682. The van der Waals surface area contributed by atoms with Crippen LogP contribution < -0.4 is 0 Å². The molecule has 0 fully saturated rings. The Labute approximate surface area is 263 Å². The van der Waals surface area contributed by atoms with E-state index in [4.69, 9.17) is 4.98 Å². The molecule has 1 nitrogen and oxygen atoms in total. The summed E-state index contributed by atoms with van der Waals surface area (Å²) >= 11 is 0. The first-order chi connectivity index (χ1) is 22.1. The van der Waals surface area contributed by atoms with E-state index < -0.39 is 0 Å². The van der Waals surface area contributed by atoms with Crippen LogP contribution in [0.3, 0.4) is 0 Å². The van der Waals surface area contributed by atoms with Crippen LogP contribution in [0.15, 0.2) is 152 Å². The van der Waals surface area contributed by atoms with Gasteiger partial charge in [0, 0.05) is 16.4 Å². The van der Waals surface area contributed by atoms with Crippen molar-refractivity contribution >= 4 is 32.4 Å². The first kappa shape index (κ1) is 25.9. The molecule has 0 bridgehead atoms. The van der Waals surface area contributed by atoms with Gasteiger partial charge in [0.1, 0.15) is 0 Å². The molecule has 8 aromatic rings. The molecule has 1 heterocycles. The molecule has 1 aliphatic rings. The van der Waals surface area contributed by atoms with Gasteiger partial charge in [0.15, 0.2) is 0 Å². The van der Waals surface area contributed by atoms with Gasteiger partial charge in [0.2, 0.25) is 0 Å². The lowest BCUT2D eigenvalue weighted by Gasteiger charge is -2.22. The minimum Gasteiger partial charge on any atom is -0.248 e. The Hall–Kier alpha value is -5.53. The van der Waals surface area contributed by atoms with Gasteiger partial charge >= 0.3 is 0 Å². The van der Waals surface area contributed by atoms with E-state index in [1.807, 2.05) is 0 Å². The van der Waals surface area contributed by atoms with Crippen LogP contribution >= 0.6 is 0 Å². The van der Waals surface area contributed by atoms with Gasteiger partial charge in [-0.3, -0.25) is 0 Å². The van der Waals surface area contributed by atoms with Gasteiger partial charge < -0.3 is 0 Å². The summed E-state index contributed by atoms with van der Waals surface area (Å²) in [7, 11) is 0. The molecule has 212 valence electrons. The fourth-order valence-corrected chi connectivity index (χ4v) is 7.66. The molecule has 1 aliphatic carbocycles. The van der Waals surface area contributed by atoms with Crippen molar-refractivity contribution < 1.29 is 0 Å². The molecule has 0 saturated carbocycles. The molecular weight excluding hydrogens is 542 g/mol. The number of hydrogen-bond acceptors (Lipinski definition) is 1. The molecule has 9 rings (SSSR count). The number of aromatic nitrogens is 1. The highest BCUT2D eigenvalue weighted by Gasteiger charge is 2.35. The van der Waals surface area contributed by atoms with Crippen molar-refractivity contribution in [2.24, 2.45) is 0 Å². The van der Waals surface area contributed by atoms with Crippen LogP contribution in [0.1, 0.15) is 25.0 Å². The Bertz CT molecular complexity index is 2450. The maximum absolute atomic E-state index is 5.22. The zero-order chi connectivity index (χ0) is 30.1. The molecule has 0 N–H and O–H groups in total. The quantitative estimate of drug-likeness (QED) is 0.192. The maximum atomic E-state index is 5.22. The molecule has 0 amide bonds. The highest BCUT2D eigenvalue weighted by molar-refractivity contribution is 6.22. The average Bonchev–Trinajstić information content (AvgIpc) is 3.32. The number of benzene rings is 7. The van der Waals surface area contributed by atoms with Crippen LogP contribution in [0, 0.1) is 0 Å². The molecule has 0 spiro atoms. The number of hydrogen-bond donors (Lipinski definition) is 0. The topological polar surface area (TPSA) is 12.9 Å². The highest BCUT2D eigenvalue weighted by atomic mass is 14.7. The molecule has 0 unspecified atom stereocenters. The zero-order valence-corrected chi connectivity index (χ0v) is 25.4. The summed E-state index contributed by atoms with van der Waals surface area (Å²) in [5, 5.41) is 6.07. The molecule has 1 heteroatoms.